The molecular weight excluding hydrogens is 322 g/mol. The van der Waals surface area contributed by atoms with Crippen LogP contribution in [0.15, 0.2) is 39.7 Å². The molecule has 3 rings (SSSR count). The molecule has 0 unspecified atom stereocenters. The lowest BCUT2D eigenvalue weighted by Crippen LogP contribution is -2.17. The molecule has 23 heavy (non-hydrogen) atoms. The number of carboxylic acids is 1. The van der Waals surface area contributed by atoms with Crippen molar-refractivity contribution in [1.82, 2.24) is 5.32 Å². The first-order valence-corrected chi connectivity index (χ1v) is 7.17. The van der Waals surface area contributed by atoms with Gasteiger partial charge in [0.2, 0.25) is 0 Å². The summed E-state index contributed by atoms with van der Waals surface area (Å²) in [6.07, 6.45) is 1.42. The van der Waals surface area contributed by atoms with Gasteiger partial charge in [0.15, 0.2) is 0 Å². The van der Waals surface area contributed by atoms with Gasteiger partial charge in [-0.1, -0.05) is 0 Å². The normalized spacial score (nSPS) is 15.9. The Balaban J connectivity index is 1.92. The molecule has 3 N–H and O–H groups in total. The van der Waals surface area contributed by atoms with E-state index in [2.05, 4.69) is 5.32 Å². The molecule has 1 aliphatic heterocycles. The highest BCUT2D eigenvalue weighted by molar-refractivity contribution is 8.18. The standard InChI is InChI=1S/C15H9NO6S/c17-10-3-1-7(5-9(10)14(19)20)11-4-2-8(22-11)6-12-13(18)16-15(21)23-12/h1-6,17H,(H,19,20)(H,16,18,21)/b12-6-. The second-order valence-electron chi connectivity index (χ2n) is 4.59. The molecule has 2 heterocycles. The lowest BCUT2D eigenvalue weighted by Gasteiger charge is -2.02. The average molecular weight is 331 g/mol. The maximum Gasteiger partial charge on any atom is 0.339 e. The van der Waals surface area contributed by atoms with Gasteiger partial charge >= 0.3 is 5.97 Å². The summed E-state index contributed by atoms with van der Waals surface area (Å²) in [7, 11) is 0. The summed E-state index contributed by atoms with van der Waals surface area (Å²) in [5.74, 6) is -1.37. The Kier molecular flexibility index (Phi) is 3.67. The number of imide groups is 1. The minimum atomic E-state index is -1.25. The molecule has 2 amide bonds. The van der Waals surface area contributed by atoms with Crippen LogP contribution in [0.4, 0.5) is 4.79 Å². The lowest BCUT2D eigenvalue weighted by molar-refractivity contribution is -0.115. The van der Waals surface area contributed by atoms with Crippen LogP contribution in [0.5, 0.6) is 5.75 Å². The van der Waals surface area contributed by atoms with Crippen LogP contribution in [0.25, 0.3) is 17.4 Å². The topological polar surface area (TPSA) is 117 Å². The largest absolute Gasteiger partial charge is 0.507 e. The number of rotatable bonds is 3. The monoisotopic (exact) mass is 331 g/mol. The fourth-order valence-electron chi connectivity index (χ4n) is 2.00. The van der Waals surface area contributed by atoms with Crippen molar-refractivity contribution in [3.8, 4) is 17.1 Å². The molecule has 0 saturated carbocycles. The van der Waals surface area contributed by atoms with Crippen molar-refractivity contribution in [2.75, 3.05) is 0 Å². The quantitative estimate of drug-likeness (QED) is 0.740. The van der Waals surface area contributed by atoms with Crippen LogP contribution in [0.1, 0.15) is 16.1 Å². The zero-order valence-corrected chi connectivity index (χ0v) is 12.2. The van der Waals surface area contributed by atoms with Crippen molar-refractivity contribution in [3.05, 3.63) is 46.6 Å². The van der Waals surface area contributed by atoms with Crippen LogP contribution in [0.3, 0.4) is 0 Å². The van der Waals surface area contributed by atoms with Crippen LogP contribution < -0.4 is 5.32 Å². The summed E-state index contributed by atoms with van der Waals surface area (Å²) in [4.78, 5) is 33.8. The van der Waals surface area contributed by atoms with E-state index >= 15 is 0 Å². The highest BCUT2D eigenvalue weighted by atomic mass is 32.2. The Morgan fingerprint density at radius 2 is 2.00 bits per heavy atom. The van der Waals surface area contributed by atoms with Gasteiger partial charge in [0, 0.05) is 11.6 Å². The molecule has 1 aromatic carbocycles. The number of carbonyl (C=O) groups is 3. The number of furan rings is 1. The number of benzene rings is 1. The first kappa shape index (κ1) is 14.9. The number of carbonyl (C=O) groups excluding carboxylic acids is 2. The van der Waals surface area contributed by atoms with Gasteiger partial charge in [-0.05, 0) is 42.1 Å². The van der Waals surface area contributed by atoms with Gasteiger partial charge in [-0.2, -0.15) is 0 Å². The maximum atomic E-state index is 11.5. The number of aromatic carboxylic acids is 1. The number of thioether (sulfide) groups is 1. The van der Waals surface area contributed by atoms with Crippen molar-refractivity contribution in [2.24, 2.45) is 0 Å². The zero-order valence-electron chi connectivity index (χ0n) is 11.4. The predicted octanol–water partition coefficient (Wildman–Crippen LogP) is 2.67. The smallest absolute Gasteiger partial charge is 0.339 e. The molecule has 0 bridgehead atoms. The SMILES string of the molecule is O=C1NC(=O)/C(=C/c2ccc(-c3ccc(O)c(C(=O)O)c3)o2)S1. The van der Waals surface area contributed by atoms with Crippen molar-refractivity contribution < 1.29 is 29.0 Å². The number of nitrogens with one attached hydrogen (secondary N) is 1. The van der Waals surface area contributed by atoms with Crippen molar-refractivity contribution in [1.29, 1.82) is 0 Å². The predicted molar refractivity (Wildman–Crippen MR) is 81.9 cm³/mol. The van der Waals surface area contributed by atoms with Crippen LogP contribution in [-0.4, -0.2) is 27.3 Å². The lowest BCUT2D eigenvalue weighted by atomic mass is 10.1. The fraction of sp³-hybridized carbons (Fsp3) is 0. The van der Waals surface area contributed by atoms with Crippen LogP contribution in [-0.2, 0) is 4.79 Å². The molecular formula is C15H9NO6S. The van der Waals surface area contributed by atoms with E-state index in [0.29, 0.717) is 17.1 Å². The molecule has 0 spiro atoms. The molecule has 1 aliphatic rings. The number of amides is 2. The summed E-state index contributed by atoms with van der Waals surface area (Å²) in [6.45, 7) is 0. The Bertz CT molecular complexity index is 867. The van der Waals surface area contributed by atoms with Crippen molar-refractivity contribution >= 4 is 35.0 Å². The van der Waals surface area contributed by atoms with Crippen molar-refractivity contribution in [2.45, 2.75) is 0 Å². The van der Waals surface area contributed by atoms with E-state index < -0.39 is 17.1 Å². The summed E-state index contributed by atoms with van der Waals surface area (Å²) >= 11 is 0.773. The molecule has 8 heteroatoms. The number of phenols is 1. The zero-order chi connectivity index (χ0) is 16.6. The van der Waals surface area contributed by atoms with Crippen LogP contribution in [0.2, 0.25) is 0 Å². The second kappa shape index (κ2) is 5.65. The molecule has 7 nitrogen and oxygen atoms in total. The molecule has 1 fully saturated rings. The highest BCUT2D eigenvalue weighted by Crippen LogP contribution is 2.30. The molecule has 1 aromatic heterocycles. The molecule has 0 radical (unpaired) electrons. The highest BCUT2D eigenvalue weighted by Gasteiger charge is 2.25. The minimum Gasteiger partial charge on any atom is -0.507 e. The third-order valence-electron chi connectivity index (χ3n) is 3.05. The molecule has 1 saturated heterocycles. The van der Waals surface area contributed by atoms with E-state index in [4.69, 9.17) is 9.52 Å². The van der Waals surface area contributed by atoms with Crippen molar-refractivity contribution in [3.63, 3.8) is 0 Å². The van der Waals surface area contributed by atoms with E-state index in [9.17, 15) is 19.5 Å². The summed E-state index contributed by atoms with van der Waals surface area (Å²) in [5, 5.41) is 20.2. The van der Waals surface area contributed by atoms with E-state index in [-0.39, 0.29) is 16.2 Å². The molecule has 116 valence electrons. The van der Waals surface area contributed by atoms with Crippen LogP contribution >= 0.6 is 11.8 Å². The van der Waals surface area contributed by atoms with Gasteiger partial charge in [0.25, 0.3) is 11.1 Å². The Morgan fingerprint density at radius 1 is 1.22 bits per heavy atom. The van der Waals surface area contributed by atoms with E-state index in [1.54, 1.807) is 12.1 Å². The second-order valence-corrected chi connectivity index (χ2v) is 5.61. The number of aromatic hydroxyl groups is 1. The van der Waals surface area contributed by atoms with Gasteiger partial charge in [-0.3, -0.25) is 14.9 Å². The van der Waals surface area contributed by atoms with Gasteiger partial charge in [0.1, 0.15) is 22.8 Å². The number of hydrogen-bond donors (Lipinski definition) is 3. The average Bonchev–Trinajstić information content (AvgIpc) is 3.06. The van der Waals surface area contributed by atoms with Crippen LogP contribution in [0, 0.1) is 0 Å². The third-order valence-corrected chi connectivity index (χ3v) is 3.86. The molecule has 2 aromatic rings. The Labute approximate surface area is 133 Å². The molecule has 0 aliphatic carbocycles. The fourth-order valence-corrected chi connectivity index (χ4v) is 2.66. The third kappa shape index (κ3) is 2.97. The Morgan fingerprint density at radius 3 is 2.65 bits per heavy atom. The van der Waals surface area contributed by atoms with E-state index in [0.717, 1.165) is 11.8 Å². The Hall–Kier alpha value is -3.00. The van der Waals surface area contributed by atoms with Gasteiger partial charge in [-0.25, -0.2) is 4.79 Å². The first-order chi connectivity index (χ1) is 10.9. The first-order valence-electron chi connectivity index (χ1n) is 6.35. The van der Waals surface area contributed by atoms with E-state index in [1.165, 1.54) is 24.3 Å². The van der Waals surface area contributed by atoms with Gasteiger partial charge in [0.05, 0.1) is 4.91 Å². The minimum absolute atomic E-state index is 0.216. The summed E-state index contributed by atoms with van der Waals surface area (Å²) < 4.78 is 5.53. The summed E-state index contributed by atoms with van der Waals surface area (Å²) in [5.41, 5.74) is 0.222. The van der Waals surface area contributed by atoms with E-state index in [1.807, 2.05) is 0 Å². The molecule has 0 atom stereocenters. The summed E-state index contributed by atoms with van der Waals surface area (Å²) in [6, 6.07) is 7.25. The van der Waals surface area contributed by atoms with Gasteiger partial charge < -0.3 is 14.6 Å². The van der Waals surface area contributed by atoms with Gasteiger partial charge in [-0.15, -0.1) is 0 Å². The number of carboxylic acid groups (broad SMARTS) is 1. The maximum absolute atomic E-state index is 11.5. The number of hydrogen-bond acceptors (Lipinski definition) is 6.